The molecule has 0 atom stereocenters. The fraction of sp³-hybridized carbons (Fsp3) is 0.250. The molecule has 1 aromatic heterocycles. The molecule has 23 heavy (non-hydrogen) atoms. The Morgan fingerprint density at radius 1 is 0.957 bits per heavy atom. The summed E-state index contributed by atoms with van der Waals surface area (Å²) in [5.74, 6) is 1.00. The molecule has 121 valence electrons. The number of nitrogens with zero attached hydrogens (tertiary/aromatic N) is 2. The Hall–Kier alpha value is -1.70. The van der Waals surface area contributed by atoms with Crippen molar-refractivity contribution in [2.24, 2.45) is 0 Å². The van der Waals surface area contributed by atoms with E-state index in [1.807, 2.05) is 6.07 Å². The monoisotopic (exact) mass is 482 g/mol. The van der Waals surface area contributed by atoms with E-state index < -0.39 is 0 Å². The van der Waals surface area contributed by atoms with Gasteiger partial charge in [0.2, 0.25) is 0 Å². The second-order valence-electron chi connectivity index (χ2n) is 6.02. The van der Waals surface area contributed by atoms with Gasteiger partial charge in [0.1, 0.15) is 0 Å². The molecule has 3 heteroatoms. The summed E-state index contributed by atoms with van der Waals surface area (Å²) in [6.07, 6.45) is 2.12. The van der Waals surface area contributed by atoms with Crippen molar-refractivity contribution >= 4 is 0 Å². The van der Waals surface area contributed by atoms with Crippen LogP contribution in [-0.2, 0) is 20.1 Å². The van der Waals surface area contributed by atoms with E-state index in [-0.39, 0.29) is 20.1 Å². The molecule has 1 radical (unpaired) electrons. The fourth-order valence-corrected chi connectivity index (χ4v) is 3.04. The maximum Gasteiger partial charge on any atom is 0.0992 e. The maximum atomic E-state index is 4.76. The molecule has 0 saturated carbocycles. The first-order chi connectivity index (χ1) is 10.5. The first kappa shape index (κ1) is 17.7. The molecule has 0 aliphatic carbocycles. The third-order valence-corrected chi connectivity index (χ3v) is 4.10. The van der Waals surface area contributed by atoms with Crippen LogP contribution in [0.1, 0.15) is 28.1 Å². The van der Waals surface area contributed by atoms with Gasteiger partial charge in [0, 0.05) is 25.8 Å². The van der Waals surface area contributed by atoms with E-state index in [4.69, 9.17) is 4.98 Å². The van der Waals surface area contributed by atoms with E-state index in [0.29, 0.717) is 0 Å². The van der Waals surface area contributed by atoms with E-state index in [1.54, 1.807) is 0 Å². The summed E-state index contributed by atoms with van der Waals surface area (Å²) in [5, 5.41) is 0. The van der Waals surface area contributed by atoms with Gasteiger partial charge >= 0.3 is 0 Å². The summed E-state index contributed by atoms with van der Waals surface area (Å²) in [6.45, 7) is 10.5. The zero-order chi connectivity index (χ0) is 15.9. The van der Waals surface area contributed by atoms with Gasteiger partial charge in [-0.2, -0.15) is 0 Å². The van der Waals surface area contributed by atoms with Gasteiger partial charge < -0.3 is 4.57 Å². The van der Waals surface area contributed by atoms with Crippen molar-refractivity contribution in [1.82, 2.24) is 9.55 Å². The van der Waals surface area contributed by atoms with Gasteiger partial charge in [-0.05, 0) is 38.1 Å². The van der Waals surface area contributed by atoms with Crippen LogP contribution in [0.2, 0.25) is 0 Å². The van der Waals surface area contributed by atoms with Crippen LogP contribution in [0.3, 0.4) is 0 Å². The fourth-order valence-electron chi connectivity index (χ4n) is 3.04. The second-order valence-corrected chi connectivity index (χ2v) is 6.02. The topological polar surface area (TPSA) is 17.8 Å². The molecule has 0 fully saturated rings. The number of rotatable bonds is 2. The quantitative estimate of drug-likeness (QED) is 0.477. The molecule has 0 spiro atoms. The normalized spacial score (nSPS) is 10.5. The summed E-state index contributed by atoms with van der Waals surface area (Å²) in [5.41, 5.74) is 8.26. The molecule has 2 aromatic carbocycles. The van der Waals surface area contributed by atoms with E-state index in [2.05, 4.69) is 75.7 Å². The largest absolute Gasteiger partial charge is 0.313 e. The molecule has 3 rings (SSSR count). The maximum absolute atomic E-state index is 4.76. The minimum atomic E-state index is 0. The number of benzene rings is 2. The Morgan fingerprint density at radius 2 is 1.61 bits per heavy atom. The number of aryl methyl sites for hydroxylation is 5. The van der Waals surface area contributed by atoms with Gasteiger partial charge in [0.25, 0.3) is 0 Å². The molecule has 0 amide bonds. The average molecular weight is 482 g/mol. The van der Waals surface area contributed by atoms with Crippen LogP contribution in [0.4, 0.5) is 0 Å². The van der Waals surface area contributed by atoms with Gasteiger partial charge in [-0.25, -0.2) is 0 Å². The first-order valence-corrected chi connectivity index (χ1v) is 7.59. The Bertz CT molecular complexity index is 827. The summed E-state index contributed by atoms with van der Waals surface area (Å²) >= 11 is 0. The van der Waals surface area contributed by atoms with Crippen LogP contribution in [0, 0.1) is 40.7 Å². The van der Waals surface area contributed by atoms with Crippen LogP contribution in [-0.4, -0.2) is 9.55 Å². The third kappa shape index (κ3) is 3.31. The smallest absolute Gasteiger partial charge is 0.0992 e. The van der Waals surface area contributed by atoms with Crippen LogP contribution < -0.4 is 0 Å². The SMILES string of the molecule is Cc1c[c-]c(-c2cn(-c3c(C)cccc3C)c(C)n2)c(C)c1.[Ir]. The first-order valence-electron chi connectivity index (χ1n) is 7.59. The minimum Gasteiger partial charge on any atom is -0.313 e. The van der Waals surface area contributed by atoms with Crippen molar-refractivity contribution in [3.8, 4) is 16.9 Å². The number of para-hydroxylation sites is 1. The number of aromatic nitrogens is 2. The number of imidazole rings is 1. The van der Waals surface area contributed by atoms with E-state index in [1.165, 1.54) is 27.9 Å². The van der Waals surface area contributed by atoms with Gasteiger partial charge in [-0.15, -0.1) is 34.9 Å². The molecule has 0 aliphatic heterocycles. The van der Waals surface area contributed by atoms with Gasteiger partial charge in [-0.1, -0.05) is 32.0 Å². The van der Waals surface area contributed by atoms with Crippen molar-refractivity contribution in [3.63, 3.8) is 0 Å². The number of hydrogen-bond donors (Lipinski definition) is 0. The summed E-state index contributed by atoms with van der Waals surface area (Å²) in [7, 11) is 0. The molecular formula is C20H21IrN2-. The van der Waals surface area contributed by atoms with Crippen LogP contribution in [0.25, 0.3) is 16.9 Å². The van der Waals surface area contributed by atoms with Crippen LogP contribution in [0.15, 0.2) is 36.5 Å². The van der Waals surface area contributed by atoms with Gasteiger partial charge in [0.05, 0.1) is 11.5 Å². The Kier molecular flexibility index (Phi) is 5.23. The molecule has 0 saturated heterocycles. The van der Waals surface area contributed by atoms with Gasteiger partial charge in [-0.3, -0.25) is 4.98 Å². The molecule has 0 unspecified atom stereocenters. The van der Waals surface area contributed by atoms with Crippen molar-refractivity contribution in [3.05, 3.63) is 70.7 Å². The average Bonchev–Trinajstić information content (AvgIpc) is 2.80. The predicted molar refractivity (Wildman–Crippen MR) is 91.5 cm³/mol. The van der Waals surface area contributed by atoms with Crippen molar-refractivity contribution in [2.45, 2.75) is 34.6 Å². The van der Waals surface area contributed by atoms with Crippen molar-refractivity contribution < 1.29 is 20.1 Å². The minimum absolute atomic E-state index is 0. The molecular weight excluding hydrogens is 460 g/mol. The van der Waals surface area contributed by atoms with Crippen LogP contribution in [0.5, 0.6) is 0 Å². The molecule has 0 N–H and O–H groups in total. The van der Waals surface area contributed by atoms with E-state index in [9.17, 15) is 0 Å². The van der Waals surface area contributed by atoms with Gasteiger partial charge in [0.15, 0.2) is 0 Å². The van der Waals surface area contributed by atoms with Crippen molar-refractivity contribution in [2.75, 3.05) is 0 Å². The zero-order valence-corrected chi connectivity index (χ0v) is 16.6. The standard InChI is InChI=1S/C20H21N2.Ir/c1-13-9-10-18(16(4)11-13)19-12-22(17(5)21-19)20-14(2)7-6-8-15(20)3;/h6-9,11-12H,1-5H3;/q-1;. The van der Waals surface area contributed by atoms with Crippen molar-refractivity contribution in [1.29, 1.82) is 0 Å². The molecule has 0 aliphatic rings. The van der Waals surface area contributed by atoms with Crippen LogP contribution >= 0.6 is 0 Å². The zero-order valence-electron chi connectivity index (χ0n) is 14.2. The third-order valence-electron chi connectivity index (χ3n) is 4.10. The van der Waals surface area contributed by atoms with E-state index in [0.717, 1.165) is 17.1 Å². The number of hydrogen-bond acceptors (Lipinski definition) is 1. The summed E-state index contributed by atoms with van der Waals surface area (Å²) in [6, 6.07) is 14.0. The Morgan fingerprint density at radius 3 is 2.22 bits per heavy atom. The molecule has 1 heterocycles. The molecule has 2 nitrogen and oxygen atoms in total. The summed E-state index contributed by atoms with van der Waals surface area (Å²) < 4.78 is 2.19. The summed E-state index contributed by atoms with van der Waals surface area (Å²) in [4.78, 5) is 4.76. The molecule has 0 bridgehead atoms. The second kappa shape index (κ2) is 6.82. The molecule has 3 aromatic rings. The van der Waals surface area contributed by atoms with E-state index >= 15 is 0 Å². The Balaban J connectivity index is 0.00000192. The predicted octanol–water partition coefficient (Wildman–Crippen LogP) is 4.88. The Labute approximate surface area is 151 Å².